The standard InChI is InChI=1S/C23H17N5O/c29-20(15-28-26-23(25-27-28)17-11-5-2-6-12-17)21-18-13-7-8-14-19(18)24-22(21)16-9-3-1-4-10-16/h1-14,24H,15H2. The number of aromatic amines is 1. The summed E-state index contributed by atoms with van der Waals surface area (Å²) in [4.78, 5) is 18.0. The van der Waals surface area contributed by atoms with Crippen LogP contribution in [0.2, 0.25) is 0 Å². The van der Waals surface area contributed by atoms with E-state index in [1.165, 1.54) is 4.80 Å². The van der Waals surface area contributed by atoms with Crippen LogP contribution in [-0.4, -0.2) is 31.0 Å². The summed E-state index contributed by atoms with van der Waals surface area (Å²) in [7, 11) is 0. The second kappa shape index (κ2) is 7.16. The van der Waals surface area contributed by atoms with Crippen molar-refractivity contribution in [2.45, 2.75) is 6.54 Å². The lowest BCUT2D eigenvalue weighted by Crippen LogP contribution is -2.14. The van der Waals surface area contributed by atoms with Gasteiger partial charge in [0.15, 0.2) is 5.78 Å². The highest BCUT2D eigenvalue weighted by Crippen LogP contribution is 2.30. The SMILES string of the molecule is O=C(Cn1nnc(-c2ccccc2)n1)c1c(-c2ccccc2)[nH]c2ccccc12. The number of fused-ring (bicyclic) bond motifs is 1. The number of aromatic nitrogens is 5. The Hall–Kier alpha value is -4.06. The van der Waals surface area contributed by atoms with Gasteiger partial charge in [-0.2, -0.15) is 4.80 Å². The molecule has 1 N–H and O–H groups in total. The van der Waals surface area contributed by atoms with E-state index in [9.17, 15) is 4.79 Å². The van der Waals surface area contributed by atoms with Crippen LogP contribution in [0.15, 0.2) is 84.9 Å². The maximum absolute atomic E-state index is 13.3. The van der Waals surface area contributed by atoms with Gasteiger partial charge in [0.2, 0.25) is 5.82 Å². The summed E-state index contributed by atoms with van der Waals surface area (Å²) in [5.74, 6) is 0.430. The Kier molecular flexibility index (Phi) is 4.22. The average Bonchev–Trinajstić information content (AvgIpc) is 3.39. The molecule has 0 saturated heterocycles. The molecule has 0 amide bonds. The zero-order chi connectivity index (χ0) is 19.6. The molecule has 6 heteroatoms. The normalized spacial score (nSPS) is 11.0. The maximum atomic E-state index is 13.3. The number of nitrogens with zero attached hydrogens (tertiary/aromatic N) is 4. The molecule has 5 rings (SSSR count). The number of carbonyl (C=O) groups excluding carboxylic acids is 1. The lowest BCUT2D eigenvalue weighted by Gasteiger charge is -2.04. The second-order valence-corrected chi connectivity index (χ2v) is 6.72. The summed E-state index contributed by atoms with van der Waals surface area (Å²) < 4.78 is 0. The van der Waals surface area contributed by atoms with Gasteiger partial charge < -0.3 is 4.98 Å². The van der Waals surface area contributed by atoms with Crippen molar-refractivity contribution in [1.29, 1.82) is 0 Å². The van der Waals surface area contributed by atoms with E-state index in [1.54, 1.807) is 0 Å². The first-order valence-electron chi connectivity index (χ1n) is 9.32. The summed E-state index contributed by atoms with van der Waals surface area (Å²) in [6.07, 6.45) is 0. The van der Waals surface area contributed by atoms with Crippen LogP contribution >= 0.6 is 0 Å². The van der Waals surface area contributed by atoms with E-state index in [0.29, 0.717) is 11.4 Å². The predicted octanol–water partition coefficient (Wildman–Crippen LogP) is 4.37. The fourth-order valence-corrected chi connectivity index (χ4v) is 3.47. The zero-order valence-electron chi connectivity index (χ0n) is 15.5. The fourth-order valence-electron chi connectivity index (χ4n) is 3.47. The molecule has 0 fully saturated rings. The minimum absolute atomic E-state index is 0.0154. The number of tetrazole rings is 1. The smallest absolute Gasteiger partial charge is 0.204 e. The van der Waals surface area contributed by atoms with E-state index in [1.807, 2.05) is 84.9 Å². The zero-order valence-corrected chi connectivity index (χ0v) is 15.5. The first-order chi connectivity index (χ1) is 14.3. The Labute approximate surface area is 166 Å². The van der Waals surface area contributed by atoms with Crippen molar-refractivity contribution in [2.75, 3.05) is 0 Å². The maximum Gasteiger partial charge on any atom is 0.204 e. The minimum Gasteiger partial charge on any atom is -0.354 e. The molecule has 0 unspecified atom stereocenters. The number of rotatable bonds is 5. The van der Waals surface area contributed by atoms with Crippen molar-refractivity contribution in [1.82, 2.24) is 25.2 Å². The van der Waals surface area contributed by atoms with Crippen molar-refractivity contribution >= 4 is 16.7 Å². The number of hydrogen-bond donors (Lipinski definition) is 1. The molecule has 0 spiro atoms. The molecule has 0 saturated carbocycles. The number of Topliss-reactive ketones (excluding diaryl/α,β-unsaturated/α-hetero) is 1. The molecular weight excluding hydrogens is 362 g/mol. The van der Waals surface area contributed by atoms with Gasteiger partial charge in [0.1, 0.15) is 6.54 Å². The van der Waals surface area contributed by atoms with Gasteiger partial charge in [0.05, 0.1) is 11.3 Å². The van der Waals surface area contributed by atoms with Crippen LogP contribution < -0.4 is 0 Å². The summed E-state index contributed by atoms with van der Waals surface area (Å²) in [6, 6.07) is 27.3. The molecule has 6 nitrogen and oxygen atoms in total. The predicted molar refractivity (Wildman–Crippen MR) is 111 cm³/mol. The highest BCUT2D eigenvalue weighted by atomic mass is 16.1. The van der Waals surface area contributed by atoms with Gasteiger partial charge in [0.25, 0.3) is 0 Å². The van der Waals surface area contributed by atoms with Gasteiger partial charge in [-0.15, -0.1) is 10.2 Å². The van der Waals surface area contributed by atoms with E-state index < -0.39 is 0 Å². The molecule has 3 aromatic carbocycles. The van der Waals surface area contributed by atoms with Crippen molar-refractivity contribution in [2.24, 2.45) is 0 Å². The molecular formula is C23H17N5O. The molecule has 0 atom stereocenters. The van der Waals surface area contributed by atoms with Crippen LogP contribution in [0.5, 0.6) is 0 Å². The third-order valence-corrected chi connectivity index (χ3v) is 4.82. The lowest BCUT2D eigenvalue weighted by molar-refractivity contribution is 0.0963. The Morgan fingerprint density at radius 2 is 1.48 bits per heavy atom. The molecule has 0 aliphatic heterocycles. The van der Waals surface area contributed by atoms with Crippen molar-refractivity contribution in [3.63, 3.8) is 0 Å². The van der Waals surface area contributed by atoms with Crippen LogP contribution in [-0.2, 0) is 6.54 Å². The van der Waals surface area contributed by atoms with Crippen LogP contribution in [0.3, 0.4) is 0 Å². The highest BCUT2D eigenvalue weighted by molar-refractivity contribution is 6.13. The van der Waals surface area contributed by atoms with E-state index >= 15 is 0 Å². The van der Waals surface area contributed by atoms with Gasteiger partial charge in [-0.3, -0.25) is 4.79 Å². The Balaban J connectivity index is 1.53. The number of benzene rings is 3. The van der Waals surface area contributed by atoms with Gasteiger partial charge in [-0.25, -0.2) is 0 Å². The lowest BCUT2D eigenvalue weighted by atomic mass is 10.0. The minimum atomic E-state index is -0.0710. The number of carbonyl (C=O) groups is 1. The number of para-hydroxylation sites is 1. The number of ketones is 1. The molecule has 140 valence electrons. The van der Waals surface area contributed by atoms with Crippen LogP contribution in [0.1, 0.15) is 10.4 Å². The second-order valence-electron chi connectivity index (χ2n) is 6.72. The van der Waals surface area contributed by atoms with Crippen molar-refractivity contribution < 1.29 is 4.79 Å². The van der Waals surface area contributed by atoms with E-state index in [4.69, 9.17) is 0 Å². The Morgan fingerprint density at radius 1 is 0.828 bits per heavy atom. The summed E-state index contributed by atoms with van der Waals surface area (Å²) in [6.45, 7) is 0.0154. The highest BCUT2D eigenvalue weighted by Gasteiger charge is 2.20. The van der Waals surface area contributed by atoms with Crippen molar-refractivity contribution in [3.05, 3.63) is 90.5 Å². The Morgan fingerprint density at radius 3 is 2.24 bits per heavy atom. The Bertz CT molecular complexity index is 1290. The van der Waals surface area contributed by atoms with Gasteiger partial charge in [-0.1, -0.05) is 78.9 Å². The first kappa shape index (κ1) is 17.1. The number of hydrogen-bond acceptors (Lipinski definition) is 4. The molecule has 0 bridgehead atoms. The molecule has 5 aromatic rings. The topological polar surface area (TPSA) is 76.5 Å². The monoisotopic (exact) mass is 379 g/mol. The summed E-state index contributed by atoms with van der Waals surface area (Å²) >= 11 is 0. The molecule has 29 heavy (non-hydrogen) atoms. The average molecular weight is 379 g/mol. The summed E-state index contributed by atoms with van der Waals surface area (Å²) in [5, 5.41) is 13.4. The molecule has 0 aliphatic carbocycles. The molecule has 0 radical (unpaired) electrons. The van der Waals surface area contributed by atoms with Gasteiger partial charge >= 0.3 is 0 Å². The third-order valence-electron chi connectivity index (χ3n) is 4.82. The summed E-state index contributed by atoms with van der Waals surface area (Å²) in [5.41, 5.74) is 4.20. The fraction of sp³-hybridized carbons (Fsp3) is 0.0435. The van der Waals surface area contributed by atoms with Gasteiger partial charge in [-0.05, 0) is 16.8 Å². The molecule has 0 aliphatic rings. The van der Waals surface area contributed by atoms with E-state index in [2.05, 4.69) is 20.4 Å². The van der Waals surface area contributed by atoms with Gasteiger partial charge in [0, 0.05) is 16.5 Å². The third kappa shape index (κ3) is 3.21. The van der Waals surface area contributed by atoms with Crippen LogP contribution in [0.25, 0.3) is 33.5 Å². The van der Waals surface area contributed by atoms with Crippen LogP contribution in [0.4, 0.5) is 0 Å². The molecule has 2 aromatic heterocycles. The quantitative estimate of drug-likeness (QED) is 0.460. The first-order valence-corrected chi connectivity index (χ1v) is 9.32. The number of nitrogens with one attached hydrogen (secondary N) is 1. The van der Waals surface area contributed by atoms with E-state index in [-0.39, 0.29) is 12.3 Å². The van der Waals surface area contributed by atoms with Crippen molar-refractivity contribution in [3.8, 4) is 22.6 Å². The molecule has 2 heterocycles. The largest absolute Gasteiger partial charge is 0.354 e. The van der Waals surface area contributed by atoms with E-state index in [0.717, 1.165) is 27.7 Å². The van der Waals surface area contributed by atoms with Crippen LogP contribution in [0, 0.1) is 0 Å². The number of H-pyrrole nitrogens is 1.